The van der Waals surface area contributed by atoms with Crippen LogP contribution in [0.2, 0.25) is 0 Å². The van der Waals surface area contributed by atoms with Crippen molar-refractivity contribution < 1.29 is 0 Å². The van der Waals surface area contributed by atoms with Gasteiger partial charge in [0.1, 0.15) is 12.1 Å². The lowest BCUT2D eigenvalue weighted by molar-refractivity contribution is 0.693. The van der Waals surface area contributed by atoms with E-state index in [-0.39, 0.29) is 5.96 Å². The van der Waals surface area contributed by atoms with Crippen LogP contribution in [0.4, 0.5) is 5.13 Å². The van der Waals surface area contributed by atoms with E-state index in [0.717, 1.165) is 35.9 Å². The van der Waals surface area contributed by atoms with Crippen LogP contribution in [0.15, 0.2) is 14.2 Å². The third-order valence-electron chi connectivity index (χ3n) is 2.50. The van der Waals surface area contributed by atoms with Gasteiger partial charge in [0.05, 0.1) is 5.69 Å². The number of anilines is 1. The fraction of sp³-hybridized carbons (Fsp3) is 0.400. The maximum absolute atomic E-state index is 7.15. The lowest BCUT2D eigenvalue weighted by Gasteiger charge is -2.22. The first-order valence-corrected chi connectivity index (χ1v) is 9.01. The summed E-state index contributed by atoms with van der Waals surface area (Å²) in [5.74, 6) is 2.75. The lowest BCUT2D eigenvalue weighted by atomic mass is 10.6. The molecule has 0 spiro atoms. The fourth-order valence-electron chi connectivity index (χ4n) is 1.44. The first-order chi connectivity index (χ1) is 10.6. The first kappa shape index (κ1) is 16.7. The van der Waals surface area contributed by atoms with Gasteiger partial charge in [-0.05, 0) is 0 Å². The standard InChI is InChI=1S/C10H17N9S3/c1-19-8(13)17-22-18-9(19)14-2-3-20-4-6-5-21-10(15-6)16-7(11)12/h5H,2-4H2,1H3,(H2,13,17)(H,14,18)(H4,11,12,15,16). The van der Waals surface area contributed by atoms with Gasteiger partial charge in [0.2, 0.25) is 11.9 Å². The van der Waals surface area contributed by atoms with Gasteiger partial charge in [-0.1, -0.05) is 0 Å². The Morgan fingerprint density at radius 2 is 2.32 bits per heavy atom. The van der Waals surface area contributed by atoms with Crippen LogP contribution in [-0.2, 0) is 5.75 Å². The molecule has 7 N–H and O–H groups in total. The highest BCUT2D eigenvalue weighted by Crippen LogP contribution is 2.19. The second-order valence-electron chi connectivity index (χ2n) is 4.17. The smallest absolute Gasteiger partial charge is 0.214 e. The molecule has 120 valence electrons. The summed E-state index contributed by atoms with van der Waals surface area (Å²) >= 11 is 4.27. The SMILES string of the molecule is CN1C(N)=NSN=C1NCCSCc1csc(NC(=N)N)n1. The molecular weight excluding hydrogens is 342 g/mol. The Bertz CT molecular complexity index is 582. The lowest BCUT2D eigenvalue weighted by Crippen LogP contribution is -2.47. The summed E-state index contributed by atoms with van der Waals surface area (Å²) < 4.78 is 8.10. The van der Waals surface area contributed by atoms with Crippen LogP contribution in [0.3, 0.4) is 0 Å². The number of hydrogen-bond acceptors (Lipinski definition) is 10. The molecule has 0 unspecified atom stereocenters. The molecule has 0 amide bonds. The van der Waals surface area contributed by atoms with Crippen LogP contribution in [-0.4, -0.2) is 47.1 Å². The molecule has 9 nitrogen and oxygen atoms in total. The van der Waals surface area contributed by atoms with Crippen molar-refractivity contribution in [2.45, 2.75) is 5.75 Å². The van der Waals surface area contributed by atoms with Crippen molar-refractivity contribution in [3.63, 3.8) is 0 Å². The van der Waals surface area contributed by atoms with Crippen LogP contribution in [0.1, 0.15) is 5.69 Å². The van der Waals surface area contributed by atoms with Crippen molar-refractivity contribution >= 4 is 58.2 Å². The molecule has 0 aromatic carbocycles. The predicted octanol–water partition coefficient (Wildman–Crippen LogP) is 0.451. The van der Waals surface area contributed by atoms with Crippen molar-refractivity contribution in [2.75, 3.05) is 24.7 Å². The highest BCUT2D eigenvalue weighted by atomic mass is 32.2. The summed E-state index contributed by atoms with van der Waals surface area (Å²) in [6.45, 7) is 0.768. The molecule has 0 saturated heterocycles. The molecule has 22 heavy (non-hydrogen) atoms. The Labute approximate surface area is 140 Å². The zero-order valence-corrected chi connectivity index (χ0v) is 14.3. The molecule has 0 saturated carbocycles. The number of nitrogens with two attached hydrogens (primary N) is 2. The second-order valence-corrected chi connectivity index (χ2v) is 6.66. The molecule has 2 heterocycles. The Balaban J connectivity index is 1.64. The summed E-state index contributed by atoms with van der Waals surface area (Å²) in [6.07, 6.45) is 0. The predicted molar refractivity (Wildman–Crippen MR) is 96.2 cm³/mol. The van der Waals surface area contributed by atoms with Gasteiger partial charge in [0.25, 0.3) is 0 Å². The minimum absolute atomic E-state index is 0.101. The molecule has 1 aliphatic heterocycles. The topological polar surface area (TPSA) is 141 Å². The molecular formula is C10H17N9S3. The van der Waals surface area contributed by atoms with E-state index in [9.17, 15) is 0 Å². The van der Waals surface area contributed by atoms with Gasteiger partial charge in [0.15, 0.2) is 11.1 Å². The van der Waals surface area contributed by atoms with Gasteiger partial charge in [0, 0.05) is 30.5 Å². The van der Waals surface area contributed by atoms with E-state index >= 15 is 0 Å². The van der Waals surface area contributed by atoms with Crippen molar-refractivity contribution in [1.29, 1.82) is 5.41 Å². The quantitative estimate of drug-likeness (QED) is 0.213. The average Bonchev–Trinajstić information content (AvgIpc) is 2.89. The highest BCUT2D eigenvalue weighted by molar-refractivity contribution is 7.98. The maximum Gasteiger partial charge on any atom is 0.214 e. The van der Waals surface area contributed by atoms with Gasteiger partial charge < -0.3 is 22.1 Å². The molecule has 0 atom stereocenters. The Morgan fingerprint density at radius 1 is 1.50 bits per heavy atom. The van der Waals surface area contributed by atoms with Crippen LogP contribution >= 0.6 is 35.2 Å². The Hall–Kier alpha value is -1.66. The van der Waals surface area contributed by atoms with Crippen LogP contribution in [0, 0.1) is 5.41 Å². The average molecular weight is 360 g/mol. The number of hydrogen-bond donors (Lipinski definition) is 5. The maximum atomic E-state index is 7.15. The summed E-state index contributed by atoms with van der Waals surface area (Å²) in [6, 6.07) is 0. The van der Waals surface area contributed by atoms with Crippen molar-refractivity contribution in [2.24, 2.45) is 20.3 Å². The van der Waals surface area contributed by atoms with Crippen LogP contribution in [0.25, 0.3) is 0 Å². The van der Waals surface area contributed by atoms with E-state index in [2.05, 4.69) is 24.4 Å². The molecule has 1 aromatic heterocycles. The van der Waals surface area contributed by atoms with Crippen molar-refractivity contribution in [1.82, 2.24) is 15.2 Å². The minimum atomic E-state index is -0.101. The van der Waals surface area contributed by atoms with Crippen LogP contribution in [0.5, 0.6) is 0 Å². The molecule has 0 bridgehead atoms. The van der Waals surface area contributed by atoms with Crippen molar-refractivity contribution in [3.05, 3.63) is 11.1 Å². The molecule has 0 aliphatic carbocycles. The minimum Gasteiger partial charge on any atom is -0.370 e. The van der Waals surface area contributed by atoms with Gasteiger partial charge >= 0.3 is 0 Å². The molecule has 0 radical (unpaired) electrons. The molecule has 2 rings (SSSR count). The van der Waals surface area contributed by atoms with E-state index in [1.165, 1.54) is 11.3 Å². The number of guanidine groups is 3. The summed E-state index contributed by atoms with van der Waals surface area (Å²) in [4.78, 5) is 6.05. The largest absolute Gasteiger partial charge is 0.370 e. The molecule has 1 aliphatic rings. The molecule has 1 aromatic rings. The number of aromatic nitrogens is 1. The Kier molecular flexibility index (Phi) is 6.15. The third kappa shape index (κ3) is 4.96. The number of thiazole rings is 1. The number of thioether (sulfide) groups is 1. The fourth-order valence-corrected chi connectivity index (χ4v) is 3.53. The zero-order chi connectivity index (χ0) is 15.9. The van der Waals surface area contributed by atoms with E-state index in [4.69, 9.17) is 16.9 Å². The second kappa shape index (κ2) is 8.10. The summed E-state index contributed by atoms with van der Waals surface area (Å²) in [7, 11) is 1.82. The van der Waals surface area contributed by atoms with Gasteiger partial charge in [-0.2, -0.15) is 20.6 Å². The number of rotatable bonds is 6. The summed E-state index contributed by atoms with van der Waals surface area (Å²) in [5.41, 5.74) is 11.9. The van der Waals surface area contributed by atoms with E-state index in [0.29, 0.717) is 17.1 Å². The first-order valence-electron chi connectivity index (χ1n) is 6.24. The third-order valence-corrected chi connectivity index (χ3v) is 4.82. The molecule has 0 fully saturated rings. The number of nitrogens with zero attached hydrogens (tertiary/aromatic N) is 4. The van der Waals surface area contributed by atoms with Crippen LogP contribution < -0.4 is 22.1 Å². The van der Waals surface area contributed by atoms with E-state index < -0.39 is 0 Å². The highest BCUT2D eigenvalue weighted by Gasteiger charge is 2.13. The monoisotopic (exact) mass is 359 g/mol. The van der Waals surface area contributed by atoms with E-state index in [1.54, 1.807) is 16.7 Å². The summed E-state index contributed by atoms with van der Waals surface area (Å²) in [5, 5.41) is 15.6. The van der Waals surface area contributed by atoms with E-state index in [1.807, 2.05) is 12.4 Å². The normalized spacial score (nSPS) is 14.3. The zero-order valence-electron chi connectivity index (χ0n) is 11.9. The molecule has 12 heteroatoms. The van der Waals surface area contributed by atoms with Gasteiger partial charge in [-0.25, -0.2) is 4.98 Å². The van der Waals surface area contributed by atoms with Gasteiger partial charge in [-0.3, -0.25) is 10.3 Å². The van der Waals surface area contributed by atoms with Gasteiger partial charge in [-0.15, -0.1) is 11.3 Å². The Morgan fingerprint density at radius 3 is 3.09 bits per heavy atom. The number of nitrogens with one attached hydrogen (secondary N) is 3. The van der Waals surface area contributed by atoms with Crippen molar-refractivity contribution in [3.8, 4) is 0 Å².